The first-order valence-corrected chi connectivity index (χ1v) is 14.4. The van der Waals surface area contributed by atoms with Gasteiger partial charge in [0.05, 0.1) is 0 Å². The molecule has 48 heavy (non-hydrogen) atoms. The zero-order chi connectivity index (χ0) is 34.5. The summed E-state index contributed by atoms with van der Waals surface area (Å²) >= 11 is 0. The number of azo groups is 2. The highest BCUT2D eigenvalue weighted by molar-refractivity contribution is 5.99. The van der Waals surface area contributed by atoms with Crippen molar-refractivity contribution >= 4 is 42.0 Å². The average Bonchev–Trinajstić information content (AvgIpc) is 3.53. The largest absolute Gasteiger partial charge is 0.372 e. The molecule has 0 saturated carbocycles. The van der Waals surface area contributed by atoms with E-state index in [-0.39, 0.29) is 45.9 Å². The monoisotopic (exact) mass is 664 g/mol. The summed E-state index contributed by atoms with van der Waals surface area (Å²) in [4.78, 5) is 69.8. The van der Waals surface area contributed by atoms with Crippen LogP contribution < -0.4 is 10.6 Å². The molecule has 1 atom stereocenters. The molecule has 4 rings (SSSR count). The van der Waals surface area contributed by atoms with E-state index in [4.69, 9.17) is 0 Å². The fraction of sp³-hybridized carbons (Fsp3) is 0.412. The maximum atomic E-state index is 12.4. The van der Waals surface area contributed by atoms with Crippen LogP contribution >= 0.6 is 0 Å². The summed E-state index contributed by atoms with van der Waals surface area (Å²) in [5, 5.41) is 17.4. The first-order chi connectivity index (χ1) is 21.6. The fourth-order valence-corrected chi connectivity index (χ4v) is 3.97. The van der Waals surface area contributed by atoms with Gasteiger partial charge in [0.2, 0.25) is 11.8 Å². The van der Waals surface area contributed by atoms with E-state index in [0.29, 0.717) is 6.42 Å². The number of nitrogens with one attached hydrogen (secondary N) is 2. The Bertz CT molecular complexity index is 1450. The van der Waals surface area contributed by atoms with Gasteiger partial charge in [-0.2, -0.15) is 0 Å². The maximum Gasteiger partial charge on any atom is 0.372 e. The molecule has 2 N–H and O–H groups in total. The highest BCUT2D eigenvalue weighted by atomic mass is 16.2. The minimum Gasteiger partial charge on any atom is -0.337 e. The van der Waals surface area contributed by atoms with Crippen molar-refractivity contribution in [2.45, 2.75) is 68.7 Å². The SMILES string of the molecule is C.C.C=Cc1ccccc1.CC(C)(C)C(=O)NCN1C(=O)N=NC1=O.CC(CC(C)(C)C(=O)NCN1C(=O)N=NC1=O)c1ccccc1. The Kier molecular flexibility index (Phi) is 17.1. The van der Waals surface area contributed by atoms with E-state index < -0.39 is 35.0 Å². The van der Waals surface area contributed by atoms with Crippen LogP contribution in [-0.4, -0.2) is 59.1 Å². The van der Waals surface area contributed by atoms with Crippen molar-refractivity contribution in [1.29, 1.82) is 0 Å². The fourth-order valence-electron chi connectivity index (χ4n) is 3.97. The number of benzene rings is 2. The molecular formula is C34H48N8O6. The van der Waals surface area contributed by atoms with Gasteiger partial charge in [0.25, 0.3) is 0 Å². The molecule has 14 heteroatoms. The molecule has 14 nitrogen and oxygen atoms in total. The Labute approximate surface area is 282 Å². The van der Waals surface area contributed by atoms with E-state index in [9.17, 15) is 28.8 Å². The molecule has 2 aromatic carbocycles. The van der Waals surface area contributed by atoms with Gasteiger partial charge in [-0.05, 0) is 23.5 Å². The second kappa shape index (κ2) is 19.3. The Morgan fingerprint density at radius 2 is 1.08 bits per heavy atom. The molecule has 2 heterocycles. The summed E-state index contributed by atoms with van der Waals surface area (Å²) in [5.41, 5.74) is 1.12. The zero-order valence-electron chi connectivity index (χ0n) is 26.9. The van der Waals surface area contributed by atoms with Gasteiger partial charge < -0.3 is 10.6 Å². The summed E-state index contributed by atoms with van der Waals surface area (Å²) in [7, 11) is 0. The van der Waals surface area contributed by atoms with Crippen LogP contribution in [0.2, 0.25) is 0 Å². The van der Waals surface area contributed by atoms with Gasteiger partial charge in [0.1, 0.15) is 13.3 Å². The Hall–Kier alpha value is -5.40. The maximum absolute atomic E-state index is 12.4. The lowest BCUT2D eigenvalue weighted by molar-refractivity contribution is -0.130. The number of nitrogens with zero attached hydrogens (tertiary/aromatic N) is 6. The molecular weight excluding hydrogens is 616 g/mol. The van der Waals surface area contributed by atoms with E-state index in [1.807, 2.05) is 80.6 Å². The van der Waals surface area contributed by atoms with Crippen molar-refractivity contribution in [2.24, 2.45) is 31.3 Å². The van der Waals surface area contributed by atoms with E-state index in [1.54, 1.807) is 20.8 Å². The topological polar surface area (TPSA) is 182 Å². The van der Waals surface area contributed by atoms with Gasteiger partial charge >= 0.3 is 24.1 Å². The summed E-state index contributed by atoms with van der Waals surface area (Å²) < 4.78 is 0. The van der Waals surface area contributed by atoms with Crippen molar-refractivity contribution in [3.8, 4) is 0 Å². The second-order valence-electron chi connectivity index (χ2n) is 12.0. The third-order valence-corrected chi connectivity index (χ3v) is 6.68. The third-order valence-electron chi connectivity index (χ3n) is 6.68. The quantitative estimate of drug-likeness (QED) is 0.274. The van der Waals surface area contributed by atoms with Crippen LogP contribution in [-0.2, 0) is 9.59 Å². The van der Waals surface area contributed by atoms with Crippen LogP contribution in [0.4, 0.5) is 19.2 Å². The molecule has 1 unspecified atom stereocenters. The predicted molar refractivity (Wildman–Crippen MR) is 184 cm³/mol. The highest BCUT2D eigenvalue weighted by Gasteiger charge is 2.33. The van der Waals surface area contributed by atoms with Gasteiger partial charge in [0, 0.05) is 10.8 Å². The van der Waals surface area contributed by atoms with Crippen LogP contribution in [0.1, 0.15) is 79.9 Å². The molecule has 2 aromatic rings. The number of hydrogen-bond acceptors (Lipinski definition) is 6. The van der Waals surface area contributed by atoms with Gasteiger partial charge in [-0.15, -0.1) is 0 Å². The van der Waals surface area contributed by atoms with Crippen molar-refractivity contribution in [3.63, 3.8) is 0 Å². The van der Waals surface area contributed by atoms with Crippen molar-refractivity contribution in [2.75, 3.05) is 13.3 Å². The molecule has 0 spiro atoms. The number of amides is 10. The third kappa shape index (κ3) is 13.1. The number of rotatable bonds is 9. The van der Waals surface area contributed by atoms with Gasteiger partial charge in [-0.25, -0.2) is 29.0 Å². The van der Waals surface area contributed by atoms with Gasteiger partial charge in [-0.1, -0.05) is 150 Å². The molecule has 0 bridgehead atoms. The standard InChI is InChI=1S/C16H20N4O3.C8H12N4O3.C8H8.2CH4/c1-11(12-7-5-4-6-8-12)9-16(2,3)13(21)17-10-20-14(22)18-19-15(20)23;1-8(2,3)5(13)9-4-12-6(14)10-11-7(12)15;1-2-8-6-4-3-5-7-8;;/h4-8,11H,9-10H2,1-3H3,(H,17,21);4H2,1-3H3,(H,9,13);2-7H,1H2;2*1H4. The van der Waals surface area contributed by atoms with E-state index >= 15 is 0 Å². The molecule has 0 aromatic heterocycles. The smallest absolute Gasteiger partial charge is 0.337 e. The first-order valence-electron chi connectivity index (χ1n) is 14.4. The lowest BCUT2D eigenvalue weighted by atomic mass is 9.80. The minimum atomic E-state index is -0.759. The van der Waals surface area contributed by atoms with Crippen LogP contribution in [0.25, 0.3) is 6.08 Å². The lowest BCUT2D eigenvalue weighted by Crippen LogP contribution is -2.45. The van der Waals surface area contributed by atoms with Gasteiger partial charge in [-0.3, -0.25) is 9.59 Å². The number of urea groups is 4. The Morgan fingerprint density at radius 1 is 0.708 bits per heavy atom. The predicted octanol–water partition coefficient (Wildman–Crippen LogP) is 8.00. The molecule has 0 fully saturated rings. The first kappa shape index (κ1) is 42.6. The van der Waals surface area contributed by atoms with Crippen LogP contribution in [0.15, 0.2) is 87.7 Å². The van der Waals surface area contributed by atoms with Crippen LogP contribution in [0.3, 0.4) is 0 Å². The summed E-state index contributed by atoms with van der Waals surface area (Å²) in [6, 6.07) is 17.0. The molecule has 2 aliphatic rings. The number of carbonyl (C=O) groups is 6. The van der Waals surface area contributed by atoms with E-state index in [2.05, 4.69) is 44.6 Å². The highest BCUT2D eigenvalue weighted by Crippen LogP contribution is 2.31. The van der Waals surface area contributed by atoms with Crippen LogP contribution in [0.5, 0.6) is 0 Å². The molecule has 260 valence electrons. The zero-order valence-corrected chi connectivity index (χ0v) is 26.9. The van der Waals surface area contributed by atoms with Crippen molar-refractivity contribution in [1.82, 2.24) is 20.4 Å². The van der Waals surface area contributed by atoms with E-state index in [0.717, 1.165) is 15.4 Å². The molecule has 0 aliphatic carbocycles. The Morgan fingerprint density at radius 3 is 1.44 bits per heavy atom. The van der Waals surface area contributed by atoms with Gasteiger partial charge in [0.15, 0.2) is 0 Å². The number of imide groups is 2. The summed E-state index contributed by atoms with van der Waals surface area (Å²) in [5.74, 6) is -0.278. The van der Waals surface area contributed by atoms with E-state index in [1.165, 1.54) is 5.56 Å². The average molecular weight is 665 g/mol. The van der Waals surface area contributed by atoms with Crippen molar-refractivity contribution < 1.29 is 28.8 Å². The van der Waals surface area contributed by atoms with Crippen LogP contribution in [0, 0.1) is 10.8 Å². The number of carbonyl (C=O) groups excluding carboxylic acids is 6. The Balaban J connectivity index is 0.000000759. The molecule has 0 saturated heterocycles. The summed E-state index contributed by atoms with van der Waals surface area (Å²) in [6.45, 7) is 14.1. The second-order valence-corrected chi connectivity index (χ2v) is 12.0. The molecule has 0 radical (unpaired) electrons. The van der Waals surface area contributed by atoms with Crippen molar-refractivity contribution in [3.05, 3.63) is 78.4 Å². The lowest BCUT2D eigenvalue weighted by Gasteiger charge is -2.27. The number of hydrogen-bond donors (Lipinski definition) is 2. The molecule has 2 aliphatic heterocycles. The molecule has 10 amide bonds. The normalized spacial score (nSPS) is 14.0. The summed E-state index contributed by atoms with van der Waals surface area (Å²) in [6.07, 6.45) is 2.47. The minimum absolute atomic E-state index is 0.